The summed E-state index contributed by atoms with van der Waals surface area (Å²) in [5, 5.41) is 7.77. The van der Waals surface area contributed by atoms with Crippen LogP contribution in [0.2, 0.25) is 0 Å². The first-order chi connectivity index (χ1) is 11.8. The molecule has 1 aliphatic heterocycles. The molecule has 136 valence electrons. The van der Waals surface area contributed by atoms with Crippen LogP contribution >= 0.6 is 0 Å². The largest absolute Gasteiger partial charge is 0.339 e. The van der Waals surface area contributed by atoms with Crippen LogP contribution in [0.5, 0.6) is 0 Å². The zero-order valence-corrected chi connectivity index (χ0v) is 15.6. The summed E-state index contributed by atoms with van der Waals surface area (Å²) >= 11 is 0. The Balaban J connectivity index is 2.02. The molecule has 1 N–H and O–H groups in total. The summed E-state index contributed by atoms with van der Waals surface area (Å²) in [5.41, 5.74) is 0.768. The van der Waals surface area contributed by atoms with Gasteiger partial charge >= 0.3 is 0 Å². The number of hydrogen-bond donors (Lipinski definition) is 1. The number of nitrogens with one attached hydrogen (secondary N) is 1. The van der Waals surface area contributed by atoms with Crippen molar-refractivity contribution in [2.24, 2.45) is 0 Å². The number of nitrogens with zero attached hydrogens (tertiary/aromatic N) is 3. The van der Waals surface area contributed by atoms with Gasteiger partial charge in [-0.3, -0.25) is 4.90 Å². The van der Waals surface area contributed by atoms with Gasteiger partial charge in [-0.05, 0) is 31.5 Å². The Bertz CT molecular complexity index is 707. The Morgan fingerprint density at radius 1 is 1.24 bits per heavy atom. The van der Waals surface area contributed by atoms with Gasteiger partial charge < -0.3 is 9.84 Å². The maximum absolute atomic E-state index is 13.4. The van der Waals surface area contributed by atoms with Crippen molar-refractivity contribution in [3.63, 3.8) is 0 Å². The highest BCUT2D eigenvalue weighted by molar-refractivity contribution is 5.26. The molecule has 3 atom stereocenters. The molecule has 5 nitrogen and oxygen atoms in total. The Labute approximate surface area is 148 Å². The first-order valence-corrected chi connectivity index (χ1v) is 8.84. The molecule has 0 bridgehead atoms. The van der Waals surface area contributed by atoms with Crippen molar-refractivity contribution < 1.29 is 8.91 Å². The van der Waals surface area contributed by atoms with Crippen LogP contribution in [0.1, 0.15) is 57.9 Å². The highest BCUT2D eigenvalue weighted by atomic mass is 19.1. The lowest BCUT2D eigenvalue weighted by Gasteiger charge is -2.41. The van der Waals surface area contributed by atoms with Gasteiger partial charge in [0.2, 0.25) is 5.89 Å². The smallest absolute Gasteiger partial charge is 0.232 e. The molecule has 1 aromatic carbocycles. The van der Waals surface area contributed by atoms with Gasteiger partial charge in [0.15, 0.2) is 5.82 Å². The van der Waals surface area contributed by atoms with Crippen LogP contribution in [0.15, 0.2) is 28.8 Å². The van der Waals surface area contributed by atoms with E-state index in [0.29, 0.717) is 23.8 Å². The fraction of sp³-hybridized carbons (Fsp3) is 0.579. The van der Waals surface area contributed by atoms with E-state index >= 15 is 0 Å². The highest BCUT2D eigenvalue weighted by Crippen LogP contribution is 2.31. The third-order valence-electron chi connectivity index (χ3n) is 4.66. The second-order valence-electron chi connectivity index (χ2n) is 8.02. The Hall–Kier alpha value is -1.79. The maximum Gasteiger partial charge on any atom is 0.232 e. The van der Waals surface area contributed by atoms with E-state index in [1.165, 1.54) is 12.1 Å². The van der Waals surface area contributed by atoms with Crippen molar-refractivity contribution in [2.45, 2.75) is 58.2 Å². The molecule has 1 aromatic heterocycles. The molecular formula is C19H27FN4O. The highest BCUT2D eigenvalue weighted by Gasteiger charge is 2.35. The van der Waals surface area contributed by atoms with E-state index < -0.39 is 0 Å². The second-order valence-corrected chi connectivity index (χ2v) is 8.02. The minimum absolute atomic E-state index is 0.153. The van der Waals surface area contributed by atoms with Gasteiger partial charge in [-0.25, -0.2) is 4.39 Å². The molecule has 1 aliphatic rings. The van der Waals surface area contributed by atoms with Gasteiger partial charge in [0, 0.05) is 30.6 Å². The number of hydrogen-bond acceptors (Lipinski definition) is 5. The molecule has 0 amide bonds. The molecule has 2 aromatic rings. The Morgan fingerprint density at radius 2 is 1.92 bits per heavy atom. The number of aromatic nitrogens is 2. The molecule has 25 heavy (non-hydrogen) atoms. The minimum Gasteiger partial charge on any atom is -0.339 e. The summed E-state index contributed by atoms with van der Waals surface area (Å²) in [5.74, 6) is 1.01. The van der Waals surface area contributed by atoms with Gasteiger partial charge in [-0.15, -0.1) is 0 Å². The Morgan fingerprint density at radius 3 is 2.52 bits per heavy atom. The van der Waals surface area contributed by atoms with Crippen molar-refractivity contribution >= 4 is 0 Å². The molecule has 1 unspecified atom stereocenters. The molecule has 0 spiro atoms. The fourth-order valence-electron chi connectivity index (χ4n) is 3.19. The second kappa shape index (κ2) is 6.84. The van der Waals surface area contributed by atoms with Crippen molar-refractivity contribution in [1.29, 1.82) is 0 Å². The normalized spacial score (nSPS) is 23.6. The van der Waals surface area contributed by atoms with E-state index in [-0.39, 0.29) is 17.3 Å². The summed E-state index contributed by atoms with van der Waals surface area (Å²) in [6.45, 7) is 12.2. The summed E-state index contributed by atoms with van der Waals surface area (Å²) < 4.78 is 19.0. The van der Waals surface area contributed by atoms with Crippen molar-refractivity contribution in [3.8, 4) is 0 Å². The van der Waals surface area contributed by atoms with Crippen LogP contribution in [0.25, 0.3) is 0 Å². The molecule has 0 radical (unpaired) electrons. The quantitative estimate of drug-likeness (QED) is 0.924. The van der Waals surface area contributed by atoms with E-state index in [0.717, 1.165) is 18.7 Å². The number of benzene rings is 1. The predicted molar refractivity (Wildman–Crippen MR) is 94.9 cm³/mol. The molecule has 3 rings (SSSR count). The van der Waals surface area contributed by atoms with E-state index in [2.05, 4.69) is 34.2 Å². The zero-order valence-electron chi connectivity index (χ0n) is 15.6. The first kappa shape index (κ1) is 18.0. The topological polar surface area (TPSA) is 54.2 Å². The fourth-order valence-corrected chi connectivity index (χ4v) is 3.19. The van der Waals surface area contributed by atoms with Crippen LogP contribution in [0.3, 0.4) is 0 Å². The lowest BCUT2D eigenvalue weighted by Crippen LogP contribution is -2.55. The zero-order chi connectivity index (χ0) is 18.2. The summed E-state index contributed by atoms with van der Waals surface area (Å²) in [7, 11) is 0. The van der Waals surface area contributed by atoms with E-state index in [9.17, 15) is 4.39 Å². The van der Waals surface area contributed by atoms with Crippen molar-refractivity contribution in [1.82, 2.24) is 20.4 Å². The average Bonchev–Trinajstić information content (AvgIpc) is 3.03. The van der Waals surface area contributed by atoms with Crippen LogP contribution in [0.4, 0.5) is 4.39 Å². The lowest BCUT2D eigenvalue weighted by atomic mass is 9.96. The van der Waals surface area contributed by atoms with Gasteiger partial charge in [0.25, 0.3) is 0 Å². The van der Waals surface area contributed by atoms with Crippen LogP contribution in [-0.2, 0) is 5.41 Å². The number of rotatable bonds is 3. The van der Waals surface area contributed by atoms with Crippen LogP contribution < -0.4 is 5.32 Å². The van der Waals surface area contributed by atoms with Crippen LogP contribution in [-0.4, -0.2) is 40.2 Å². The van der Waals surface area contributed by atoms with Crippen molar-refractivity contribution in [2.75, 3.05) is 13.1 Å². The molecule has 2 heterocycles. The standard InChI is InChI=1S/C19H27FN4O/c1-12-11-24(13(2)10-21-12)16(14-6-8-15(20)9-7-14)17-22-18(25-23-17)19(3,4)5/h6-9,12-13,16,21H,10-11H2,1-5H3/t12-,13+,16?/m0/s1. The molecule has 1 saturated heterocycles. The Kier molecular flexibility index (Phi) is 4.93. The van der Waals surface area contributed by atoms with Gasteiger partial charge in [-0.1, -0.05) is 38.1 Å². The molecule has 1 fully saturated rings. The predicted octanol–water partition coefficient (Wildman–Crippen LogP) is 3.28. The number of piperazine rings is 1. The van der Waals surface area contributed by atoms with Crippen LogP contribution in [0, 0.1) is 5.82 Å². The van der Waals surface area contributed by atoms with Gasteiger partial charge in [0.1, 0.15) is 5.82 Å². The molecule has 6 heteroatoms. The van der Waals surface area contributed by atoms with Crippen molar-refractivity contribution in [3.05, 3.63) is 47.4 Å². The summed E-state index contributed by atoms with van der Waals surface area (Å²) in [6.07, 6.45) is 0. The third kappa shape index (κ3) is 3.90. The summed E-state index contributed by atoms with van der Waals surface area (Å²) in [6, 6.07) is 7.13. The lowest BCUT2D eigenvalue weighted by molar-refractivity contribution is 0.108. The van der Waals surface area contributed by atoms with E-state index in [1.54, 1.807) is 0 Å². The maximum atomic E-state index is 13.4. The summed E-state index contributed by atoms with van der Waals surface area (Å²) in [4.78, 5) is 7.05. The van der Waals surface area contributed by atoms with E-state index in [4.69, 9.17) is 4.52 Å². The molecule has 0 saturated carbocycles. The van der Waals surface area contributed by atoms with E-state index in [1.807, 2.05) is 32.9 Å². The number of halogens is 1. The molecule has 0 aliphatic carbocycles. The third-order valence-corrected chi connectivity index (χ3v) is 4.66. The van der Waals surface area contributed by atoms with Gasteiger partial charge in [-0.2, -0.15) is 4.98 Å². The minimum atomic E-state index is -0.243. The first-order valence-electron chi connectivity index (χ1n) is 8.84. The van der Waals surface area contributed by atoms with Gasteiger partial charge in [0.05, 0.1) is 6.04 Å². The SMILES string of the molecule is C[C@@H]1CN[C@@H](C)CN1C(c1ccc(F)cc1)c1noc(C(C)(C)C)n1. The average molecular weight is 346 g/mol. The monoisotopic (exact) mass is 346 g/mol. The molecular weight excluding hydrogens is 319 g/mol.